The van der Waals surface area contributed by atoms with Gasteiger partial charge in [-0.25, -0.2) is 0 Å². The lowest BCUT2D eigenvalue weighted by atomic mass is 10.1. The first-order chi connectivity index (χ1) is 21.7. The summed E-state index contributed by atoms with van der Waals surface area (Å²) in [5.74, 6) is -1.91. The maximum Gasteiger partial charge on any atom is 0.258 e. The largest absolute Gasteiger partial charge is 0.508 e. The van der Waals surface area contributed by atoms with Gasteiger partial charge in [-0.3, -0.25) is 19.2 Å². The molecule has 0 radical (unpaired) electrons. The van der Waals surface area contributed by atoms with Gasteiger partial charge in [0.15, 0.2) is 17.8 Å². The topological polar surface area (TPSA) is 209 Å². The van der Waals surface area contributed by atoms with Crippen molar-refractivity contribution in [1.29, 1.82) is 0 Å². The van der Waals surface area contributed by atoms with Crippen LogP contribution < -0.4 is 31.3 Å². The minimum Gasteiger partial charge on any atom is -0.508 e. The number of ether oxygens (including phenoxy) is 4. The summed E-state index contributed by atoms with van der Waals surface area (Å²) in [6.07, 6.45) is 1.34. The summed E-state index contributed by atoms with van der Waals surface area (Å²) in [6, 6.07) is 13.6. The van der Waals surface area contributed by atoms with E-state index in [1.54, 1.807) is 24.3 Å². The number of benzene rings is 3. The average molecular weight is 622 g/mol. The molecular weight excluding hydrogens is 590 g/mol. The van der Waals surface area contributed by atoms with Gasteiger partial charge in [-0.15, -0.1) is 0 Å². The molecule has 4 aromatic rings. The van der Waals surface area contributed by atoms with Crippen LogP contribution in [-0.2, 0) is 19.1 Å². The normalized spacial score (nSPS) is 10.8. The van der Waals surface area contributed by atoms with E-state index in [9.17, 15) is 29.4 Å². The van der Waals surface area contributed by atoms with E-state index in [1.165, 1.54) is 43.7 Å². The van der Waals surface area contributed by atoms with Crippen LogP contribution in [0, 0.1) is 0 Å². The van der Waals surface area contributed by atoms with Gasteiger partial charge in [-0.1, -0.05) is 12.1 Å². The molecule has 0 atom stereocenters. The number of carbonyl (C=O) groups excluding carboxylic acids is 3. The van der Waals surface area contributed by atoms with E-state index in [-0.39, 0.29) is 67.8 Å². The Balaban J connectivity index is 1.11. The van der Waals surface area contributed by atoms with Crippen LogP contribution in [0.15, 0.2) is 70.1 Å². The van der Waals surface area contributed by atoms with E-state index in [2.05, 4.69) is 10.6 Å². The Labute approximate surface area is 256 Å². The number of rotatable bonds is 15. The number of methoxy groups -OCH3 is 1. The second-order valence-electron chi connectivity index (χ2n) is 9.44. The molecule has 0 aliphatic heterocycles. The van der Waals surface area contributed by atoms with Crippen molar-refractivity contribution in [3.63, 3.8) is 0 Å². The second kappa shape index (κ2) is 15.2. The molecule has 0 unspecified atom stereocenters. The van der Waals surface area contributed by atoms with Crippen molar-refractivity contribution >= 4 is 34.4 Å². The maximum absolute atomic E-state index is 12.9. The predicted molar refractivity (Wildman–Crippen MR) is 162 cm³/mol. The summed E-state index contributed by atoms with van der Waals surface area (Å²) >= 11 is 0. The fourth-order valence-electron chi connectivity index (χ4n) is 4.15. The van der Waals surface area contributed by atoms with Gasteiger partial charge in [-0.2, -0.15) is 0 Å². The summed E-state index contributed by atoms with van der Waals surface area (Å²) in [5, 5.41) is 25.1. The first-order valence-electron chi connectivity index (χ1n) is 13.6. The number of carbonyl (C=O) groups is 3. The van der Waals surface area contributed by atoms with Crippen molar-refractivity contribution in [2.45, 2.75) is 0 Å². The molecule has 4 rings (SSSR count). The van der Waals surface area contributed by atoms with Gasteiger partial charge >= 0.3 is 0 Å². The van der Waals surface area contributed by atoms with E-state index in [0.29, 0.717) is 27.8 Å². The van der Waals surface area contributed by atoms with Crippen LogP contribution in [0.5, 0.6) is 23.0 Å². The van der Waals surface area contributed by atoms with E-state index in [1.807, 2.05) is 0 Å². The smallest absolute Gasteiger partial charge is 0.258 e. The highest BCUT2D eigenvalue weighted by Gasteiger charge is 2.19. The van der Waals surface area contributed by atoms with Gasteiger partial charge in [0.2, 0.25) is 5.91 Å². The molecule has 1 heterocycles. The molecule has 0 aliphatic carbocycles. The highest BCUT2D eigenvalue weighted by atomic mass is 16.5. The molecule has 0 spiro atoms. The van der Waals surface area contributed by atoms with Gasteiger partial charge in [0.05, 0.1) is 43.6 Å². The van der Waals surface area contributed by atoms with Crippen LogP contribution in [0.25, 0.3) is 22.1 Å². The van der Waals surface area contributed by atoms with Crippen LogP contribution in [0.3, 0.4) is 0 Å². The van der Waals surface area contributed by atoms with E-state index in [4.69, 9.17) is 29.1 Å². The molecule has 0 saturated carbocycles. The van der Waals surface area contributed by atoms with Crippen LogP contribution in [0.1, 0.15) is 10.4 Å². The van der Waals surface area contributed by atoms with Crippen molar-refractivity contribution < 1.29 is 48.0 Å². The van der Waals surface area contributed by atoms with Crippen molar-refractivity contribution in [2.24, 2.45) is 5.73 Å². The fraction of sp³-hybridized carbons (Fsp3) is 0.226. The third-order valence-electron chi connectivity index (χ3n) is 6.35. The molecule has 1 aromatic heterocycles. The summed E-state index contributed by atoms with van der Waals surface area (Å²) in [5.41, 5.74) is 5.99. The summed E-state index contributed by atoms with van der Waals surface area (Å²) in [7, 11) is 1.31. The number of anilines is 1. The molecule has 236 valence electrons. The van der Waals surface area contributed by atoms with Crippen molar-refractivity contribution in [1.82, 2.24) is 5.32 Å². The highest BCUT2D eigenvalue weighted by molar-refractivity contribution is 6.02. The average Bonchev–Trinajstić information content (AvgIpc) is 3.02. The zero-order valence-corrected chi connectivity index (χ0v) is 24.2. The van der Waals surface area contributed by atoms with Gasteiger partial charge in [0.1, 0.15) is 41.3 Å². The number of amides is 3. The highest BCUT2D eigenvalue weighted by Crippen LogP contribution is 2.34. The number of hydrogen-bond acceptors (Lipinski definition) is 11. The number of primary amides is 1. The SMILES string of the molecule is COc1ccc(NC(=O)COCCOCCNC(=O)COc2ccc3c(=O)c(-c4ccc(O)cc4)coc3c2)c(O)c1C(N)=O. The van der Waals surface area contributed by atoms with Crippen LogP contribution in [0.2, 0.25) is 0 Å². The minimum atomic E-state index is -0.916. The molecule has 3 aromatic carbocycles. The lowest BCUT2D eigenvalue weighted by Crippen LogP contribution is -2.32. The van der Waals surface area contributed by atoms with Crippen molar-refractivity contribution in [3.8, 4) is 34.1 Å². The number of nitrogens with one attached hydrogen (secondary N) is 2. The Morgan fingerprint density at radius 3 is 2.40 bits per heavy atom. The zero-order valence-electron chi connectivity index (χ0n) is 24.2. The molecule has 0 bridgehead atoms. The summed E-state index contributed by atoms with van der Waals surface area (Å²) in [6.45, 7) is 0.00259. The third-order valence-corrected chi connectivity index (χ3v) is 6.35. The Morgan fingerprint density at radius 1 is 0.911 bits per heavy atom. The third kappa shape index (κ3) is 8.49. The lowest BCUT2D eigenvalue weighted by Gasteiger charge is -2.13. The first-order valence-corrected chi connectivity index (χ1v) is 13.6. The molecule has 45 heavy (non-hydrogen) atoms. The van der Waals surface area contributed by atoms with E-state index >= 15 is 0 Å². The molecule has 6 N–H and O–H groups in total. The van der Waals surface area contributed by atoms with Crippen LogP contribution in [0.4, 0.5) is 5.69 Å². The maximum atomic E-state index is 12.9. The van der Waals surface area contributed by atoms with Gasteiger partial charge in [-0.05, 0) is 42.0 Å². The molecule has 0 fully saturated rings. The van der Waals surface area contributed by atoms with Crippen LogP contribution in [-0.4, -0.2) is 74.6 Å². The fourth-order valence-corrected chi connectivity index (χ4v) is 4.15. The van der Waals surface area contributed by atoms with Gasteiger partial charge in [0, 0.05) is 12.6 Å². The van der Waals surface area contributed by atoms with Crippen molar-refractivity contribution in [2.75, 3.05) is 52.0 Å². The number of nitrogens with two attached hydrogens (primary N) is 1. The Kier molecular flexibility index (Phi) is 10.9. The molecule has 14 heteroatoms. The summed E-state index contributed by atoms with van der Waals surface area (Å²) in [4.78, 5) is 48.7. The molecule has 3 amide bonds. The number of phenolic OH excluding ortho intramolecular Hbond substituents is 1. The number of fused-ring (bicyclic) bond motifs is 1. The van der Waals surface area contributed by atoms with E-state index in [0.717, 1.165) is 0 Å². The molecule has 0 saturated heterocycles. The van der Waals surface area contributed by atoms with Gasteiger partial charge in [0.25, 0.3) is 11.8 Å². The second-order valence-corrected chi connectivity index (χ2v) is 9.44. The first kappa shape index (κ1) is 32.3. The number of aromatic hydroxyl groups is 2. The molecule has 0 aliphatic rings. The van der Waals surface area contributed by atoms with Crippen LogP contribution >= 0.6 is 0 Å². The quantitative estimate of drug-likeness (QED) is 0.0959. The number of phenols is 2. The van der Waals surface area contributed by atoms with Gasteiger partial charge < -0.3 is 49.9 Å². The monoisotopic (exact) mass is 621 g/mol. The van der Waals surface area contributed by atoms with Crippen molar-refractivity contribution in [3.05, 3.63) is 76.6 Å². The Bertz CT molecular complexity index is 1740. The standard InChI is InChI=1S/C31H31N3O11/c1-41-24-9-8-23(30(39)28(24)31(32)40)34-27(37)16-43-13-12-42-11-10-33-26(36)17-44-20-6-7-21-25(14-20)45-15-22(29(21)38)18-2-4-19(35)5-3-18/h2-9,14-15,35,39H,10-13,16-17H2,1H3,(H2,32,40)(H,33,36)(H,34,37). The lowest BCUT2D eigenvalue weighted by molar-refractivity contribution is -0.123. The van der Waals surface area contributed by atoms with E-state index < -0.39 is 23.5 Å². The molecule has 14 nitrogen and oxygen atoms in total. The summed E-state index contributed by atoms with van der Waals surface area (Å²) < 4.78 is 26.7. The minimum absolute atomic E-state index is 0.0260. The zero-order chi connectivity index (χ0) is 32.3. The molecular formula is C31H31N3O11. The Hall–Kier alpha value is -5.60. The Morgan fingerprint density at radius 2 is 1.67 bits per heavy atom. The predicted octanol–water partition coefficient (Wildman–Crippen LogP) is 2.15. The number of hydrogen-bond donors (Lipinski definition) is 5.